The summed E-state index contributed by atoms with van der Waals surface area (Å²) in [5.74, 6) is 0.877. The smallest absolute Gasteiger partial charge is 0.407 e. The zero-order chi connectivity index (χ0) is 26.2. The van der Waals surface area contributed by atoms with E-state index in [0.717, 1.165) is 22.4 Å². The Hall–Kier alpha value is -3.94. The summed E-state index contributed by atoms with van der Waals surface area (Å²) >= 11 is 0. The van der Waals surface area contributed by atoms with Crippen molar-refractivity contribution in [3.63, 3.8) is 0 Å². The van der Waals surface area contributed by atoms with Crippen molar-refractivity contribution < 1.29 is 24.1 Å². The molecule has 5 rings (SSSR count). The molecular weight excluding hydrogens is 480 g/mol. The molecule has 1 fully saturated rings. The van der Waals surface area contributed by atoms with Crippen LogP contribution in [0.2, 0.25) is 0 Å². The molecule has 7 heteroatoms. The molecule has 4 aromatic rings. The maximum atomic E-state index is 11.7. The van der Waals surface area contributed by atoms with E-state index in [1.165, 1.54) is 15.7 Å². The maximum absolute atomic E-state index is 11.7. The summed E-state index contributed by atoms with van der Waals surface area (Å²) in [7, 11) is 0. The number of piperidine rings is 1. The number of carbonyl (C=O) groups is 1. The van der Waals surface area contributed by atoms with Crippen molar-refractivity contribution in [3.05, 3.63) is 108 Å². The van der Waals surface area contributed by atoms with Gasteiger partial charge in [-0.05, 0) is 64.2 Å². The monoisotopic (exact) mass is 512 g/mol. The Kier molecular flexibility index (Phi) is 8.48. The normalized spacial score (nSPS) is 17.4. The van der Waals surface area contributed by atoms with Crippen molar-refractivity contribution in [2.24, 2.45) is 0 Å². The molecule has 0 saturated carbocycles. The van der Waals surface area contributed by atoms with Gasteiger partial charge in [-0.2, -0.15) is 0 Å². The topological polar surface area (TPSA) is 81.1 Å². The van der Waals surface area contributed by atoms with Crippen LogP contribution in [-0.4, -0.2) is 53.5 Å². The first-order valence-electron chi connectivity index (χ1n) is 12.9. The second kappa shape index (κ2) is 12.5. The maximum Gasteiger partial charge on any atom is 0.407 e. The Balaban J connectivity index is 1.17. The summed E-state index contributed by atoms with van der Waals surface area (Å²) in [6.07, 6.45) is 3.07. The van der Waals surface area contributed by atoms with Crippen LogP contribution in [0.3, 0.4) is 0 Å². The molecule has 1 N–H and O–H groups in total. The summed E-state index contributed by atoms with van der Waals surface area (Å²) in [5, 5.41) is 11.9. The number of amides is 1. The minimum Gasteiger partial charge on any atom is -0.491 e. The van der Waals surface area contributed by atoms with Crippen LogP contribution in [0, 0.1) is 0 Å². The molecule has 1 aliphatic rings. The fourth-order valence-electron chi connectivity index (χ4n) is 4.87. The van der Waals surface area contributed by atoms with Crippen LogP contribution < -0.4 is 4.74 Å². The first kappa shape index (κ1) is 25.7. The highest BCUT2D eigenvalue weighted by Crippen LogP contribution is 2.32. The minimum absolute atomic E-state index is 0.101. The molecule has 196 valence electrons. The molecule has 1 aliphatic heterocycles. The van der Waals surface area contributed by atoms with Gasteiger partial charge >= 0.3 is 6.09 Å². The van der Waals surface area contributed by atoms with Crippen LogP contribution in [0.15, 0.2) is 91.3 Å². The van der Waals surface area contributed by atoms with Gasteiger partial charge in [0.05, 0.1) is 32.5 Å². The number of carboxylic acid groups (broad SMARTS) is 1. The van der Waals surface area contributed by atoms with E-state index in [-0.39, 0.29) is 12.0 Å². The predicted octanol–water partition coefficient (Wildman–Crippen LogP) is 5.88. The number of ether oxygens (including phenoxy) is 3. The van der Waals surface area contributed by atoms with E-state index in [4.69, 9.17) is 14.2 Å². The van der Waals surface area contributed by atoms with Crippen molar-refractivity contribution >= 4 is 16.9 Å². The Morgan fingerprint density at radius 3 is 2.47 bits per heavy atom. The van der Waals surface area contributed by atoms with Gasteiger partial charge in [-0.1, -0.05) is 48.5 Å². The molecule has 7 nitrogen and oxygen atoms in total. The first-order valence-corrected chi connectivity index (χ1v) is 12.9. The number of fused-ring (bicyclic) bond motifs is 1. The number of pyridine rings is 1. The van der Waals surface area contributed by atoms with Crippen LogP contribution in [0.25, 0.3) is 10.8 Å². The zero-order valence-corrected chi connectivity index (χ0v) is 21.2. The molecule has 0 spiro atoms. The lowest BCUT2D eigenvalue weighted by Gasteiger charge is -2.37. The van der Waals surface area contributed by atoms with Gasteiger partial charge in [0.1, 0.15) is 12.4 Å². The Morgan fingerprint density at radius 1 is 0.895 bits per heavy atom. The van der Waals surface area contributed by atoms with E-state index in [0.29, 0.717) is 45.9 Å². The number of hydrogen-bond acceptors (Lipinski definition) is 5. The third-order valence-corrected chi connectivity index (χ3v) is 6.93. The van der Waals surface area contributed by atoms with Crippen molar-refractivity contribution in [1.29, 1.82) is 0 Å². The van der Waals surface area contributed by atoms with Crippen molar-refractivity contribution in [2.45, 2.75) is 31.7 Å². The van der Waals surface area contributed by atoms with E-state index in [1.54, 1.807) is 12.4 Å². The largest absolute Gasteiger partial charge is 0.491 e. The second-order valence-corrected chi connectivity index (χ2v) is 9.48. The van der Waals surface area contributed by atoms with Gasteiger partial charge in [-0.15, -0.1) is 0 Å². The summed E-state index contributed by atoms with van der Waals surface area (Å²) in [6, 6.07) is 26.4. The molecule has 0 bridgehead atoms. The Morgan fingerprint density at radius 2 is 1.68 bits per heavy atom. The van der Waals surface area contributed by atoms with Crippen molar-refractivity contribution in [2.75, 3.05) is 26.3 Å². The number of rotatable bonds is 10. The number of aromatic nitrogens is 1. The quantitative estimate of drug-likeness (QED) is 0.267. The molecule has 3 aromatic carbocycles. The van der Waals surface area contributed by atoms with Gasteiger partial charge in [0, 0.05) is 24.9 Å². The molecule has 2 unspecified atom stereocenters. The Labute approximate surface area is 222 Å². The summed E-state index contributed by atoms with van der Waals surface area (Å²) in [6.45, 7) is 2.74. The third-order valence-electron chi connectivity index (χ3n) is 6.93. The van der Waals surface area contributed by atoms with Gasteiger partial charge in [-0.25, -0.2) is 4.79 Å². The van der Waals surface area contributed by atoms with E-state index < -0.39 is 6.09 Å². The van der Waals surface area contributed by atoms with Crippen LogP contribution >= 0.6 is 0 Å². The highest BCUT2D eigenvalue weighted by Gasteiger charge is 2.33. The van der Waals surface area contributed by atoms with Crippen LogP contribution in [0.4, 0.5) is 4.79 Å². The fraction of sp³-hybridized carbons (Fsp3) is 0.290. The lowest BCUT2D eigenvalue weighted by molar-refractivity contribution is -0.0199. The van der Waals surface area contributed by atoms with Crippen molar-refractivity contribution in [1.82, 2.24) is 9.88 Å². The predicted molar refractivity (Wildman–Crippen MR) is 145 cm³/mol. The molecule has 2 atom stereocenters. The third kappa shape index (κ3) is 6.68. The molecule has 0 radical (unpaired) electrons. The molecule has 0 aliphatic carbocycles. The molecule has 2 heterocycles. The van der Waals surface area contributed by atoms with Crippen molar-refractivity contribution in [3.8, 4) is 5.75 Å². The standard InChI is InChI=1S/C31H32N2O5/c34-31(35)33-16-13-29(30(20-33)38-22-24-5-6-25-3-1-2-4-27(25)19-24)26-7-9-28(10-8-26)37-18-17-36-21-23-11-14-32-15-12-23/h1-12,14-15,19,29-30H,13,16-18,20-22H2,(H,34,35). The van der Waals surface area contributed by atoms with Gasteiger partial charge in [0.25, 0.3) is 0 Å². The lowest BCUT2D eigenvalue weighted by Crippen LogP contribution is -2.46. The lowest BCUT2D eigenvalue weighted by atomic mass is 9.87. The number of nitrogens with zero attached hydrogens (tertiary/aromatic N) is 2. The second-order valence-electron chi connectivity index (χ2n) is 9.48. The SMILES string of the molecule is O=C(O)N1CCC(c2ccc(OCCOCc3ccncc3)cc2)C(OCc2ccc3ccccc3c2)C1. The van der Waals surface area contributed by atoms with Gasteiger partial charge in [0.15, 0.2) is 0 Å². The van der Waals surface area contributed by atoms with Gasteiger partial charge in [-0.3, -0.25) is 4.98 Å². The average molecular weight is 513 g/mol. The molecular formula is C31H32N2O5. The summed E-state index contributed by atoms with van der Waals surface area (Å²) < 4.78 is 17.9. The highest BCUT2D eigenvalue weighted by molar-refractivity contribution is 5.82. The van der Waals surface area contributed by atoms with Crippen LogP contribution in [0.5, 0.6) is 5.75 Å². The molecule has 1 saturated heterocycles. The van der Waals surface area contributed by atoms with Gasteiger partial charge < -0.3 is 24.2 Å². The number of hydrogen-bond donors (Lipinski definition) is 1. The molecule has 1 amide bonds. The average Bonchev–Trinajstić information content (AvgIpc) is 2.96. The summed E-state index contributed by atoms with van der Waals surface area (Å²) in [4.78, 5) is 17.1. The highest BCUT2D eigenvalue weighted by atomic mass is 16.5. The van der Waals surface area contributed by atoms with Gasteiger partial charge in [0.2, 0.25) is 0 Å². The van der Waals surface area contributed by atoms with Crippen LogP contribution in [0.1, 0.15) is 29.0 Å². The zero-order valence-electron chi connectivity index (χ0n) is 21.2. The number of likely N-dealkylation sites (tertiary alicyclic amines) is 1. The summed E-state index contributed by atoms with van der Waals surface area (Å²) in [5.41, 5.74) is 3.28. The molecule has 38 heavy (non-hydrogen) atoms. The fourth-order valence-corrected chi connectivity index (χ4v) is 4.87. The number of benzene rings is 3. The van der Waals surface area contributed by atoms with E-state index >= 15 is 0 Å². The van der Waals surface area contributed by atoms with E-state index in [9.17, 15) is 9.90 Å². The van der Waals surface area contributed by atoms with Crippen LogP contribution in [-0.2, 0) is 22.7 Å². The Bertz CT molecular complexity index is 1330. The van der Waals surface area contributed by atoms with E-state index in [2.05, 4.69) is 47.4 Å². The minimum atomic E-state index is -0.905. The van der Waals surface area contributed by atoms with E-state index in [1.807, 2.05) is 36.4 Å². The molecule has 1 aromatic heterocycles. The first-order chi connectivity index (χ1) is 18.7.